The van der Waals surface area contributed by atoms with Crippen molar-refractivity contribution in [3.8, 4) is 0 Å². The summed E-state index contributed by atoms with van der Waals surface area (Å²) in [7, 11) is 0. The van der Waals surface area contributed by atoms with Crippen molar-refractivity contribution in [1.82, 2.24) is 0 Å². The van der Waals surface area contributed by atoms with Crippen molar-refractivity contribution in [2.24, 2.45) is 5.73 Å². The molecule has 92 valence electrons. The fourth-order valence-electron chi connectivity index (χ4n) is 1.95. The molecule has 0 bridgehead atoms. The van der Waals surface area contributed by atoms with Crippen molar-refractivity contribution in [2.75, 3.05) is 11.7 Å². The summed E-state index contributed by atoms with van der Waals surface area (Å²) in [5.41, 5.74) is 7.57. The number of benzene rings is 1. The fourth-order valence-corrected chi connectivity index (χ4v) is 1.95. The van der Waals surface area contributed by atoms with Gasteiger partial charge in [-0.3, -0.25) is 9.63 Å². The highest BCUT2D eigenvalue weighted by Crippen LogP contribution is 2.26. The molecule has 0 radical (unpaired) electrons. The van der Waals surface area contributed by atoms with E-state index in [1.807, 2.05) is 38.1 Å². The van der Waals surface area contributed by atoms with Gasteiger partial charge in [0.2, 0.25) is 0 Å². The molecule has 1 fully saturated rings. The van der Waals surface area contributed by atoms with E-state index in [1.165, 1.54) is 5.06 Å². The third-order valence-corrected chi connectivity index (χ3v) is 2.62. The molecule has 1 amide bonds. The molecule has 0 spiro atoms. The third-order valence-electron chi connectivity index (χ3n) is 2.62. The number of para-hydroxylation sites is 1. The highest BCUT2D eigenvalue weighted by atomic mass is 16.7. The third kappa shape index (κ3) is 2.84. The predicted molar refractivity (Wildman–Crippen MR) is 66.5 cm³/mol. The molecule has 0 unspecified atom stereocenters. The van der Waals surface area contributed by atoms with Crippen molar-refractivity contribution in [3.63, 3.8) is 0 Å². The Labute approximate surface area is 101 Å². The lowest BCUT2D eigenvalue weighted by Gasteiger charge is -2.23. The smallest absolute Gasteiger partial charge is 0.253 e. The van der Waals surface area contributed by atoms with Crippen LogP contribution in [0, 0.1) is 0 Å². The molecule has 4 heteroatoms. The van der Waals surface area contributed by atoms with E-state index in [0.717, 1.165) is 11.3 Å². The zero-order valence-electron chi connectivity index (χ0n) is 10.3. The van der Waals surface area contributed by atoms with Crippen LogP contribution in [-0.4, -0.2) is 18.1 Å². The second-order valence-electron chi connectivity index (χ2n) is 5.07. The summed E-state index contributed by atoms with van der Waals surface area (Å²) in [6.07, 6.45) is 1.15. The van der Waals surface area contributed by atoms with E-state index < -0.39 is 0 Å². The summed E-state index contributed by atoms with van der Waals surface area (Å²) in [5.74, 6) is 0.00674. The molecule has 1 saturated heterocycles. The monoisotopic (exact) mass is 234 g/mol. The number of hydrogen-bond acceptors (Lipinski definition) is 3. The molecule has 0 atom stereocenters. The molecule has 2 rings (SSSR count). The Morgan fingerprint density at radius 3 is 2.71 bits per heavy atom. The Hall–Kier alpha value is -1.39. The van der Waals surface area contributed by atoms with Crippen LogP contribution in [0.15, 0.2) is 24.3 Å². The van der Waals surface area contributed by atoms with Crippen LogP contribution >= 0.6 is 0 Å². The van der Waals surface area contributed by atoms with Gasteiger partial charge in [0, 0.05) is 5.54 Å². The van der Waals surface area contributed by atoms with Crippen molar-refractivity contribution < 1.29 is 9.63 Å². The standard InChI is InChI=1S/C13H18N2O2/c1-13(2,14)9-10-5-3-4-6-11(10)15-12(16)7-8-17-15/h3-6H,7-9,14H2,1-2H3. The minimum atomic E-state index is -0.307. The number of hydrogen-bond donors (Lipinski definition) is 1. The van der Waals surface area contributed by atoms with E-state index in [1.54, 1.807) is 0 Å². The molecule has 2 N–H and O–H groups in total. The van der Waals surface area contributed by atoms with Gasteiger partial charge in [-0.25, -0.2) is 0 Å². The number of nitrogens with zero attached hydrogens (tertiary/aromatic N) is 1. The van der Waals surface area contributed by atoms with Gasteiger partial charge in [-0.2, -0.15) is 5.06 Å². The van der Waals surface area contributed by atoms with Gasteiger partial charge >= 0.3 is 0 Å². The topological polar surface area (TPSA) is 55.6 Å². The van der Waals surface area contributed by atoms with Gasteiger partial charge in [0.05, 0.1) is 18.7 Å². The summed E-state index contributed by atoms with van der Waals surface area (Å²) >= 11 is 0. The number of rotatable bonds is 3. The zero-order valence-corrected chi connectivity index (χ0v) is 10.3. The zero-order chi connectivity index (χ0) is 12.5. The van der Waals surface area contributed by atoms with Crippen LogP contribution in [0.3, 0.4) is 0 Å². The first-order valence-electron chi connectivity index (χ1n) is 5.80. The van der Waals surface area contributed by atoms with E-state index in [4.69, 9.17) is 10.6 Å². The number of amides is 1. The van der Waals surface area contributed by atoms with Crippen molar-refractivity contribution in [3.05, 3.63) is 29.8 Å². The number of anilines is 1. The second-order valence-corrected chi connectivity index (χ2v) is 5.07. The summed E-state index contributed by atoms with van der Waals surface area (Å²) in [5, 5.41) is 1.39. The molecule has 1 aliphatic rings. The van der Waals surface area contributed by atoms with Gasteiger partial charge in [0.25, 0.3) is 5.91 Å². The maximum absolute atomic E-state index is 11.7. The van der Waals surface area contributed by atoms with Crippen LogP contribution in [0.5, 0.6) is 0 Å². The van der Waals surface area contributed by atoms with Crippen molar-refractivity contribution >= 4 is 11.6 Å². The van der Waals surface area contributed by atoms with Gasteiger partial charge in [-0.15, -0.1) is 0 Å². The Morgan fingerprint density at radius 2 is 2.12 bits per heavy atom. The van der Waals surface area contributed by atoms with Crippen molar-refractivity contribution in [2.45, 2.75) is 32.2 Å². The van der Waals surface area contributed by atoms with Crippen LogP contribution < -0.4 is 10.8 Å². The van der Waals surface area contributed by atoms with Gasteiger partial charge in [0.15, 0.2) is 0 Å². The van der Waals surface area contributed by atoms with Crippen LogP contribution in [0.4, 0.5) is 5.69 Å². The predicted octanol–water partition coefficient (Wildman–Crippen LogP) is 1.63. The Balaban J connectivity index is 2.30. The average molecular weight is 234 g/mol. The molecule has 1 aliphatic heterocycles. The van der Waals surface area contributed by atoms with Crippen LogP contribution in [-0.2, 0) is 16.1 Å². The van der Waals surface area contributed by atoms with E-state index in [2.05, 4.69) is 0 Å². The number of carbonyl (C=O) groups is 1. The number of nitrogens with two attached hydrogens (primary N) is 1. The minimum Gasteiger partial charge on any atom is -0.325 e. The number of carbonyl (C=O) groups excluding carboxylic acids is 1. The molecule has 4 nitrogen and oxygen atoms in total. The van der Waals surface area contributed by atoms with Gasteiger partial charge in [-0.1, -0.05) is 18.2 Å². The molecule has 0 aliphatic carbocycles. The second kappa shape index (κ2) is 4.47. The Bertz CT molecular complexity index is 424. The Morgan fingerprint density at radius 1 is 1.41 bits per heavy atom. The molecular weight excluding hydrogens is 216 g/mol. The lowest BCUT2D eigenvalue weighted by molar-refractivity contribution is -0.119. The largest absolute Gasteiger partial charge is 0.325 e. The summed E-state index contributed by atoms with van der Waals surface area (Å²) in [6, 6.07) is 7.73. The fraction of sp³-hybridized carbons (Fsp3) is 0.462. The van der Waals surface area contributed by atoms with Crippen LogP contribution in [0.2, 0.25) is 0 Å². The normalized spacial score (nSPS) is 16.6. The summed E-state index contributed by atoms with van der Waals surface area (Å²) in [6.45, 7) is 4.39. The Kier molecular flexibility index (Phi) is 3.17. The van der Waals surface area contributed by atoms with Crippen LogP contribution in [0.25, 0.3) is 0 Å². The molecule has 1 aromatic carbocycles. The van der Waals surface area contributed by atoms with Crippen molar-refractivity contribution in [1.29, 1.82) is 0 Å². The van der Waals surface area contributed by atoms with Gasteiger partial charge in [-0.05, 0) is 31.9 Å². The summed E-state index contributed by atoms with van der Waals surface area (Å²) < 4.78 is 0. The van der Waals surface area contributed by atoms with E-state index in [-0.39, 0.29) is 11.4 Å². The molecule has 17 heavy (non-hydrogen) atoms. The highest BCUT2D eigenvalue weighted by molar-refractivity contribution is 5.93. The molecular formula is C13H18N2O2. The lowest BCUT2D eigenvalue weighted by Crippen LogP contribution is -2.35. The molecule has 1 aromatic rings. The molecule has 0 aromatic heterocycles. The maximum Gasteiger partial charge on any atom is 0.253 e. The maximum atomic E-state index is 11.7. The summed E-state index contributed by atoms with van der Waals surface area (Å²) in [4.78, 5) is 17.0. The van der Waals surface area contributed by atoms with Gasteiger partial charge in [0.1, 0.15) is 0 Å². The average Bonchev–Trinajstić information content (AvgIpc) is 2.63. The quantitative estimate of drug-likeness (QED) is 0.865. The SMILES string of the molecule is CC(C)(N)Cc1ccccc1N1OCCC1=O. The minimum absolute atomic E-state index is 0.00674. The number of hydroxylamine groups is 1. The first-order valence-corrected chi connectivity index (χ1v) is 5.80. The van der Waals surface area contributed by atoms with E-state index in [9.17, 15) is 4.79 Å². The molecule has 0 saturated carbocycles. The van der Waals surface area contributed by atoms with E-state index in [0.29, 0.717) is 19.4 Å². The lowest BCUT2D eigenvalue weighted by atomic mass is 9.95. The van der Waals surface area contributed by atoms with Crippen LogP contribution in [0.1, 0.15) is 25.8 Å². The highest BCUT2D eigenvalue weighted by Gasteiger charge is 2.26. The first kappa shape index (κ1) is 12.1. The van der Waals surface area contributed by atoms with E-state index >= 15 is 0 Å². The van der Waals surface area contributed by atoms with Gasteiger partial charge < -0.3 is 5.73 Å². The first-order chi connectivity index (χ1) is 7.97. The molecule has 1 heterocycles.